The third-order valence-electron chi connectivity index (χ3n) is 4.90. The molecule has 5 aromatic rings. The number of carboxylic acids is 1. The van der Waals surface area contributed by atoms with E-state index in [0.717, 1.165) is 5.69 Å². The monoisotopic (exact) mass is 410 g/mol. The molecule has 0 aliphatic rings. The molecule has 0 bridgehead atoms. The maximum absolute atomic E-state index is 12.0. The lowest BCUT2D eigenvalue weighted by molar-refractivity contribution is -0.384. The quantitative estimate of drug-likeness (QED) is 0.329. The van der Waals surface area contributed by atoms with Crippen LogP contribution in [0.2, 0.25) is 0 Å². The number of aromatic carboxylic acids is 1. The molecule has 0 radical (unpaired) electrons. The number of nitro benzene ring substituents is 1. The van der Waals surface area contributed by atoms with E-state index in [1.165, 1.54) is 35.1 Å². The van der Waals surface area contributed by atoms with Gasteiger partial charge in [-0.2, -0.15) is 4.80 Å². The van der Waals surface area contributed by atoms with Crippen LogP contribution < -0.4 is 5.11 Å². The number of pyridine rings is 1. The summed E-state index contributed by atoms with van der Waals surface area (Å²) >= 11 is 0. The van der Waals surface area contributed by atoms with E-state index in [2.05, 4.69) is 15.2 Å². The van der Waals surface area contributed by atoms with Crippen LogP contribution in [0.1, 0.15) is 10.4 Å². The number of para-hydroxylation sites is 1. The normalized spacial score (nSPS) is 11.1. The maximum atomic E-state index is 12.0. The van der Waals surface area contributed by atoms with Crippen molar-refractivity contribution in [2.75, 3.05) is 0 Å². The van der Waals surface area contributed by atoms with E-state index in [0.29, 0.717) is 33.2 Å². The minimum Gasteiger partial charge on any atom is -0.545 e. The third-order valence-corrected chi connectivity index (χ3v) is 4.90. The second-order valence-electron chi connectivity index (χ2n) is 6.80. The topological polar surface area (TPSA) is 127 Å². The zero-order valence-electron chi connectivity index (χ0n) is 15.8. The van der Waals surface area contributed by atoms with Gasteiger partial charge in [0.25, 0.3) is 5.69 Å². The molecular weight excluding hydrogens is 398 g/mol. The van der Waals surface area contributed by atoms with E-state index in [1.807, 2.05) is 30.3 Å². The third kappa shape index (κ3) is 3.14. The molecule has 0 atom stereocenters. The zero-order chi connectivity index (χ0) is 21.5. The number of rotatable bonds is 4. The molecule has 0 aliphatic heterocycles. The summed E-state index contributed by atoms with van der Waals surface area (Å²) in [6.07, 6.45) is 0. The molecular formula is C22H12N5O4-. The molecule has 0 N–H and O–H groups in total. The predicted molar refractivity (Wildman–Crippen MR) is 111 cm³/mol. The number of benzene rings is 3. The Morgan fingerprint density at radius 1 is 0.903 bits per heavy atom. The second-order valence-corrected chi connectivity index (χ2v) is 6.80. The smallest absolute Gasteiger partial charge is 0.269 e. The largest absolute Gasteiger partial charge is 0.545 e. The SMILES string of the molecule is O=C([O-])c1cc(-c2ccc([N+](=O)[O-])cc2)nc2ccc3nn(-c4ccccc4)nc3c12. The van der Waals surface area contributed by atoms with Gasteiger partial charge < -0.3 is 9.90 Å². The van der Waals surface area contributed by atoms with Crippen LogP contribution >= 0.6 is 0 Å². The Bertz CT molecular complexity index is 1480. The Labute approximate surface area is 174 Å². The molecule has 9 nitrogen and oxygen atoms in total. The number of carbonyl (C=O) groups excluding carboxylic acids is 1. The van der Waals surface area contributed by atoms with E-state index in [1.54, 1.807) is 12.1 Å². The average Bonchev–Trinajstić information content (AvgIpc) is 3.23. The number of nitrogens with zero attached hydrogens (tertiary/aromatic N) is 5. The second kappa shape index (κ2) is 6.99. The molecule has 150 valence electrons. The number of hydrogen-bond donors (Lipinski definition) is 0. The Hall–Kier alpha value is -4.66. The van der Waals surface area contributed by atoms with Crippen LogP contribution in [0.25, 0.3) is 38.9 Å². The van der Waals surface area contributed by atoms with Crippen LogP contribution in [0.3, 0.4) is 0 Å². The number of hydrogen-bond acceptors (Lipinski definition) is 7. The molecule has 3 aromatic carbocycles. The standard InChI is InChI=1S/C22H13N5O4/c28-22(29)16-12-19(13-6-8-15(9-7-13)27(30)31)23-17-10-11-18-21(20(16)17)25-26(24-18)14-4-2-1-3-5-14/h1-12H,(H,28,29)/p-1. The Balaban J connectivity index is 1.73. The fourth-order valence-electron chi connectivity index (χ4n) is 3.44. The van der Waals surface area contributed by atoms with Crippen molar-refractivity contribution in [3.8, 4) is 16.9 Å². The van der Waals surface area contributed by atoms with Crippen LogP contribution in [-0.2, 0) is 0 Å². The first-order valence-corrected chi connectivity index (χ1v) is 9.24. The first-order chi connectivity index (χ1) is 15.0. The molecule has 0 unspecified atom stereocenters. The molecule has 0 saturated heterocycles. The number of carbonyl (C=O) groups is 1. The van der Waals surface area contributed by atoms with Crippen molar-refractivity contribution in [2.45, 2.75) is 0 Å². The Kier molecular flexibility index (Phi) is 4.14. The van der Waals surface area contributed by atoms with Gasteiger partial charge >= 0.3 is 0 Å². The molecule has 2 heterocycles. The molecule has 5 rings (SSSR count). The van der Waals surface area contributed by atoms with Crippen LogP contribution in [0.5, 0.6) is 0 Å². The highest BCUT2D eigenvalue weighted by atomic mass is 16.6. The van der Waals surface area contributed by atoms with Gasteiger partial charge in [0.2, 0.25) is 0 Å². The van der Waals surface area contributed by atoms with Crippen molar-refractivity contribution >= 4 is 33.6 Å². The summed E-state index contributed by atoms with van der Waals surface area (Å²) in [5, 5.41) is 32.1. The summed E-state index contributed by atoms with van der Waals surface area (Å²) in [7, 11) is 0. The van der Waals surface area contributed by atoms with E-state index in [4.69, 9.17) is 0 Å². The van der Waals surface area contributed by atoms with Gasteiger partial charge in [0.05, 0.1) is 27.8 Å². The van der Waals surface area contributed by atoms with Gasteiger partial charge in [0, 0.05) is 28.6 Å². The van der Waals surface area contributed by atoms with Crippen LogP contribution in [0.4, 0.5) is 5.69 Å². The van der Waals surface area contributed by atoms with Gasteiger partial charge in [0.1, 0.15) is 11.0 Å². The molecule has 9 heteroatoms. The van der Waals surface area contributed by atoms with E-state index in [9.17, 15) is 20.0 Å². The fraction of sp³-hybridized carbons (Fsp3) is 0. The van der Waals surface area contributed by atoms with Crippen molar-refractivity contribution in [3.05, 3.63) is 88.5 Å². The summed E-state index contributed by atoms with van der Waals surface area (Å²) in [6.45, 7) is 0. The highest BCUT2D eigenvalue weighted by molar-refractivity contribution is 6.13. The molecule has 0 fully saturated rings. The van der Waals surface area contributed by atoms with Crippen molar-refractivity contribution in [2.24, 2.45) is 0 Å². The predicted octanol–water partition coefficient (Wildman–Crippen LogP) is 2.91. The van der Waals surface area contributed by atoms with Crippen molar-refractivity contribution in [3.63, 3.8) is 0 Å². The number of aromatic nitrogens is 4. The van der Waals surface area contributed by atoms with Crippen LogP contribution in [-0.4, -0.2) is 30.9 Å². The number of non-ortho nitro benzene ring substituents is 1. The lowest BCUT2D eigenvalue weighted by Gasteiger charge is -2.11. The first-order valence-electron chi connectivity index (χ1n) is 9.24. The van der Waals surface area contributed by atoms with Gasteiger partial charge in [-0.1, -0.05) is 18.2 Å². The Morgan fingerprint density at radius 3 is 2.29 bits per heavy atom. The number of carboxylic acid groups (broad SMARTS) is 1. The van der Waals surface area contributed by atoms with Crippen molar-refractivity contribution in [1.82, 2.24) is 20.0 Å². The zero-order valence-corrected chi connectivity index (χ0v) is 15.8. The first kappa shape index (κ1) is 18.4. The van der Waals surface area contributed by atoms with E-state index >= 15 is 0 Å². The van der Waals surface area contributed by atoms with Gasteiger partial charge in [-0.25, -0.2) is 4.98 Å². The number of fused-ring (bicyclic) bond motifs is 3. The summed E-state index contributed by atoms with van der Waals surface area (Å²) < 4.78 is 0. The molecule has 0 amide bonds. The summed E-state index contributed by atoms with van der Waals surface area (Å²) in [5.74, 6) is -1.38. The minimum absolute atomic E-state index is 0.0658. The summed E-state index contributed by atoms with van der Waals surface area (Å²) in [4.78, 5) is 28.4. The minimum atomic E-state index is -1.38. The van der Waals surface area contributed by atoms with Gasteiger partial charge in [-0.3, -0.25) is 10.1 Å². The van der Waals surface area contributed by atoms with Gasteiger partial charge in [-0.05, 0) is 42.5 Å². The van der Waals surface area contributed by atoms with E-state index in [-0.39, 0.29) is 11.3 Å². The van der Waals surface area contributed by atoms with Crippen LogP contribution in [0, 0.1) is 10.1 Å². The lowest BCUT2D eigenvalue weighted by Crippen LogP contribution is -2.23. The maximum Gasteiger partial charge on any atom is 0.269 e. The molecule has 0 aliphatic carbocycles. The van der Waals surface area contributed by atoms with Crippen LogP contribution in [0.15, 0.2) is 72.8 Å². The molecule has 0 saturated carbocycles. The van der Waals surface area contributed by atoms with Crippen molar-refractivity contribution in [1.29, 1.82) is 0 Å². The van der Waals surface area contributed by atoms with Crippen molar-refractivity contribution < 1.29 is 14.8 Å². The highest BCUT2D eigenvalue weighted by Crippen LogP contribution is 2.30. The number of nitro groups is 1. The summed E-state index contributed by atoms with van der Waals surface area (Å²) in [5.41, 5.74) is 2.81. The van der Waals surface area contributed by atoms with Gasteiger partial charge in [0.15, 0.2) is 0 Å². The van der Waals surface area contributed by atoms with Gasteiger partial charge in [-0.15, -0.1) is 10.2 Å². The molecule has 0 spiro atoms. The Morgan fingerprint density at radius 2 is 1.61 bits per heavy atom. The average molecular weight is 410 g/mol. The van der Waals surface area contributed by atoms with E-state index < -0.39 is 10.9 Å². The highest BCUT2D eigenvalue weighted by Gasteiger charge is 2.16. The lowest BCUT2D eigenvalue weighted by atomic mass is 10.0. The fourth-order valence-corrected chi connectivity index (χ4v) is 3.44. The molecule has 31 heavy (non-hydrogen) atoms. The molecule has 2 aromatic heterocycles. The summed E-state index contributed by atoms with van der Waals surface area (Å²) in [6, 6.07) is 19.8.